The van der Waals surface area contributed by atoms with E-state index in [1.807, 2.05) is 35.8 Å². The number of rotatable bonds is 5. The summed E-state index contributed by atoms with van der Waals surface area (Å²) in [5, 5.41) is 2.59. The Labute approximate surface area is 239 Å². The molecule has 0 saturated heterocycles. The molecule has 7 rings (SSSR count). The van der Waals surface area contributed by atoms with E-state index in [4.69, 9.17) is 9.72 Å². The normalized spacial score (nSPS) is 12.7. The zero-order chi connectivity index (χ0) is 24.7. The molecule has 184 valence electrons. The summed E-state index contributed by atoms with van der Waals surface area (Å²) in [6.45, 7) is 0. The second-order valence-corrected chi connectivity index (χ2v) is 9.56. The van der Waals surface area contributed by atoms with E-state index in [0.29, 0.717) is 16.6 Å². The van der Waals surface area contributed by atoms with Crippen molar-refractivity contribution < 1.29 is 25.8 Å². The van der Waals surface area contributed by atoms with Gasteiger partial charge in [-0.05, 0) is 40.5 Å². The fourth-order valence-corrected chi connectivity index (χ4v) is 5.92. The van der Waals surface area contributed by atoms with Crippen molar-refractivity contribution in [1.82, 2.24) is 15.0 Å². The molecule has 6 aromatic rings. The van der Waals surface area contributed by atoms with E-state index in [9.17, 15) is 0 Å². The summed E-state index contributed by atoms with van der Waals surface area (Å²) in [5.41, 5.74) is 6.92. The van der Waals surface area contributed by atoms with Crippen molar-refractivity contribution in [2.45, 2.75) is 5.41 Å². The molecule has 38 heavy (non-hydrogen) atoms. The van der Waals surface area contributed by atoms with Gasteiger partial charge in [-0.3, -0.25) is 4.98 Å². The molecule has 0 spiro atoms. The zero-order valence-electron chi connectivity index (χ0n) is 19.9. The van der Waals surface area contributed by atoms with E-state index in [-0.39, 0.29) is 21.1 Å². The minimum Gasteiger partial charge on any atom is -0.487 e. The fraction of sp³-hybridized carbons (Fsp3) is 0.0312. The first-order valence-corrected chi connectivity index (χ1v) is 12.8. The quantitative estimate of drug-likeness (QED) is 0.178. The summed E-state index contributed by atoms with van der Waals surface area (Å²) in [7, 11) is 0. The van der Waals surface area contributed by atoms with Crippen LogP contribution in [0.15, 0.2) is 115 Å². The average molecular weight is 689 g/mol. The van der Waals surface area contributed by atoms with Gasteiger partial charge in [-0.25, -0.2) is 0 Å². The van der Waals surface area contributed by atoms with Gasteiger partial charge in [0.1, 0.15) is 5.06 Å². The van der Waals surface area contributed by atoms with Crippen molar-refractivity contribution >= 4 is 11.3 Å². The molecule has 1 aliphatic carbocycles. The van der Waals surface area contributed by atoms with Crippen molar-refractivity contribution in [3.8, 4) is 33.3 Å². The van der Waals surface area contributed by atoms with Gasteiger partial charge in [0, 0.05) is 30.2 Å². The van der Waals surface area contributed by atoms with Crippen LogP contribution in [0.1, 0.15) is 22.4 Å². The fourth-order valence-electron chi connectivity index (χ4n) is 5.23. The topological polar surface area (TPSA) is 47.9 Å². The van der Waals surface area contributed by atoms with E-state index in [0.717, 1.165) is 16.8 Å². The molecule has 1 aliphatic rings. The minimum absolute atomic E-state index is 0. The number of aromatic nitrogens is 3. The second-order valence-electron chi connectivity index (χ2n) is 8.72. The van der Waals surface area contributed by atoms with Crippen LogP contribution in [0.25, 0.3) is 22.5 Å². The number of ether oxygens (including phenoxy) is 1. The molecule has 0 saturated carbocycles. The summed E-state index contributed by atoms with van der Waals surface area (Å²) >= 11 is 1.46. The third kappa shape index (κ3) is 3.90. The third-order valence-electron chi connectivity index (χ3n) is 6.70. The van der Waals surface area contributed by atoms with Gasteiger partial charge in [0.05, 0.1) is 11.1 Å². The number of nitrogens with zero attached hydrogens (tertiary/aromatic N) is 3. The molecule has 0 radical (unpaired) electrons. The molecular formula is C32H19N3OPtS. The van der Waals surface area contributed by atoms with Crippen molar-refractivity contribution in [3.05, 3.63) is 149 Å². The summed E-state index contributed by atoms with van der Waals surface area (Å²) in [6, 6.07) is 38.0. The first-order valence-electron chi connectivity index (χ1n) is 11.9. The summed E-state index contributed by atoms with van der Waals surface area (Å²) in [5.74, 6) is 1.24. The molecule has 6 heteroatoms. The second kappa shape index (κ2) is 10.1. The van der Waals surface area contributed by atoms with E-state index in [1.54, 1.807) is 18.5 Å². The number of thiophene rings is 1. The molecule has 0 aliphatic heterocycles. The molecular weight excluding hydrogens is 670 g/mol. The van der Waals surface area contributed by atoms with Gasteiger partial charge in [-0.1, -0.05) is 54.6 Å². The first-order chi connectivity index (χ1) is 18.3. The molecule has 0 bridgehead atoms. The standard InChI is InChI=1S/C32H19N3OS.Pt/c1-3-13-27-25(11-1)26-12-2-4-14-28(26)32(27,29-15-5-6-16-33-29)23-9-7-10-24(20-23)36-30-19-22(21-37-30)31-34-17-8-18-35-31;/h1-18,21H;/q-2;+2. The number of benzene rings is 3. The van der Waals surface area contributed by atoms with E-state index in [2.05, 4.69) is 82.8 Å². The SMILES string of the molecule is [Pt+2].[c-]1c(Oc2[c-]c(-c3ncccn3)cs2)cccc1C1(c2ccccn2)c2ccccc2-c2ccccc21. The Balaban J connectivity index is 0.00000264. The van der Waals surface area contributed by atoms with Crippen molar-refractivity contribution in [1.29, 1.82) is 0 Å². The van der Waals surface area contributed by atoms with Crippen LogP contribution >= 0.6 is 11.3 Å². The Morgan fingerprint density at radius 2 is 1.34 bits per heavy atom. The number of hydrogen-bond donors (Lipinski definition) is 0. The van der Waals surface area contributed by atoms with E-state index >= 15 is 0 Å². The van der Waals surface area contributed by atoms with Crippen molar-refractivity contribution in [3.63, 3.8) is 0 Å². The van der Waals surface area contributed by atoms with Gasteiger partial charge in [0.2, 0.25) is 0 Å². The predicted octanol–water partition coefficient (Wildman–Crippen LogP) is 7.35. The molecule has 3 aromatic carbocycles. The van der Waals surface area contributed by atoms with Crippen LogP contribution in [-0.4, -0.2) is 15.0 Å². The smallest absolute Gasteiger partial charge is 0.487 e. The van der Waals surface area contributed by atoms with Crippen LogP contribution in [0, 0.1) is 12.1 Å². The van der Waals surface area contributed by atoms with Gasteiger partial charge in [0.25, 0.3) is 0 Å². The predicted molar refractivity (Wildman–Crippen MR) is 145 cm³/mol. The summed E-state index contributed by atoms with van der Waals surface area (Å²) in [4.78, 5) is 13.5. The van der Waals surface area contributed by atoms with E-state index < -0.39 is 5.41 Å². The zero-order valence-corrected chi connectivity index (χ0v) is 23.0. The number of pyridine rings is 1. The average Bonchev–Trinajstić information content (AvgIpc) is 3.55. The molecule has 0 amide bonds. The Bertz CT molecular complexity index is 1670. The number of hydrogen-bond acceptors (Lipinski definition) is 5. The Kier molecular flexibility index (Phi) is 6.48. The van der Waals surface area contributed by atoms with Crippen LogP contribution in [0.5, 0.6) is 10.8 Å². The van der Waals surface area contributed by atoms with Gasteiger partial charge >= 0.3 is 21.1 Å². The van der Waals surface area contributed by atoms with Crippen molar-refractivity contribution in [2.75, 3.05) is 0 Å². The molecule has 4 nitrogen and oxygen atoms in total. The maximum absolute atomic E-state index is 6.27. The monoisotopic (exact) mass is 688 g/mol. The van der Waals surface area contributed by atoms with Crippen LogP contribution in [-0.2, 0) is 26.5 Å². The third-order valence-corrected chi connectivity index (χ3v) is 7.46. The van der Waals surface area contributed by atoms with Gasteiger partial charge in [-0.15, -0.1) is 34.7 Å². The van der Waals surface area contributed by atoms with Gasteiger partial charge in [-0.2, -0.15) is 23.5 Å². The molecule has 3 aromatic heterocycles. The molecule has 0 atom stereocenters. The Morgan fingerprint density at radius 3 is 2.05 bits per heavy atom. The van der Waals surface area contributed by atoms with Crippen molar-refractivity contribution in [2.24, 2.45) is 0 Å². The summed E-state index contributed by atoms with van der Waals surface area (Å²) in [6.07, 6.45) is 5.30. The molecule has 3 heterocycles. The maximum Gasteiger partial charge on any atom is 2.00 e. The van der Waals surface area contributed by atoms with Gasteiger partial charge in [0.15, 0.2) is 0 Å². The molecule has 0 unspecified atom stereocenters. The molecule has 0 N–H and O–H groups in total. The Morgan fingerprint density at radius 1 is 0.658 bits per heavy atom. The largest absolute Gasteiger partial charge is 2.00 e. The van der Waals surface area contributed by atoms with Crippen LogP contribution < -0.4 is 4.74 Å². The number of fused-ring (bicyclic) bond motifs is 3. The molecule has 0 fully saturated rings. The van der Waals surface area contributed by atoms with Gasteiger partial charge < -0.3 is 14.7 Å². The Hall–Kier alpha value is -3.92. The first kappa shape index (κ1) is 24.4. The summed E-state index contributed by atoms with van der Waals surface area (Å²) < 4.78 is 6.27. The van der Waals surface area contributed by atoms with E-state index in [1.165, 1.54) is 33.6 Å². The van der Waals surface area contributed by atoms with Crippen LogP contribution in [0.4, 0.5) is 0 Å². The van der Waals surface area contributed by atoms with Crippen LogP contribution in [0.3, 0.4) is 0 Å². The minimum atomic E-state index is -0.615. The maximum atomic E-state index is 6.27. The van der Waals surface area contributed by atoms with Crippen LogP contribution in [0.2, 0.25) is 0 Å².